The number of rotatable bonds is 3. The van der Waals surface area contributed by atoms with Crippen LogP contribution in [0, 0.1) is 5.82 Å². The molecule has 2 N–H and O–H groups in total. The van der Waals surface area contributed by atoms with Gasteiger partial charge in [-0.15, -0.1) is 0 Å². The van der Waals surface area contributed by atoms with Crippen molar-refractivity contribution in [2.24, 2.45) is 5.73 Å². The smallest absolute Gasteiger partial charge is 0.260 e. The van der Waals surface area contributed by atoms with Gasteiger partial charge in [-0.25, -0.2) is 4.39 Å². The number of amides is 1. The van der Waals surface area contributed by atoms with Gasteiger partial charge in [-0.3, -0.25) is 4.79 Å². The molecule has 98 valence electrons. The molecule has 1 aromatic carbocycles. The third kappa shape index (κ3) is 3.43. The first-order valence-electron chi connectivity index (χ1n) is 6.07. The summed E-state index contributed by atoms with van der Waals surface area (Å²) in [6, 6.07) is 5.97. The number of halogens is 1. The molecule has 1 saturated heterocycles. The van der Waals surface area contributed by atoms with Gasteiger partial charge in [-0.2, -0.15) is 0 Å². The van der Waals surface area contributed by atoms with Gasteiger partial charge in [0.25, 0.3) is 5.91 Å². The van der Waals surface area contributed by atoms with Crippen LogP contribution in [0.4, 0.5) is 4.39 Å². The monoisotopic (exact) mass is 252 g/mol. The highest BCUT2D eigenvalue weighted by Gasteiger charge is 2.20. The lowest BCUT2D eigenvalue weighted by Crippen LogP contribution is -2.44. The second-order valence-corrected chi connectivity index (χ2v) is 4.46. The summed E-state index contributed by atoms with van der Waals surface area (Å²) in [5.41, 5.74) is 5.77. The van der Waals surface area contributed by atoms with Crippen molar-refractivity contribution in [1.29, 1.82) is 0 Å². The van der Waals surface area contributed by atoms with Gasteiger partial charge in [-0.1, -0.05) is 6.07 Å². The van der Waals surface area contributed by atoms with Gasteiger partial charge < -0.3 is 15.4 Å². The van der Waals surface area contributed by atoms with Crippen LogP contribution in [0.25, 0.3) is 0 Å². The Kier molecular flexibility index (Phi) is 4.15. The van der Waals surface area contributed by atoms with Gasteiger partial charge in [0.1, 0.15) is 11.6 Å². The first kappa shape index (κ1) is 12.8. The highest BCUT2D eigenvalue weighted by Crippen LogP contribution is 2.13. The van der Waals surface area contributed by atoms with E-state index < -0.39 is 0 Å². The summed E-state index contributed by atoms with van der Waals surface area (Å²) in [5.74, 6) is -0.0767. The highest BCUT2D eigenvalue weighted by atomic mass is 19.1. The van der Waals surface area contributed by atoms with Crippen molar-refractivity contribution in [1.82, 2.24) is 4.90 Å². The molecule has 1 aliphatic rings. The minimum absolute atomic E-state index is 0.0569. The van der Waals surface area contributed by atoms with Crippen LogP contribution in [-0.2, 0) is 4.79 Å². The lowest BCUT2D eigenvalue weighted by molar-refractivity contribution is -0.134. The summed E-state index contributed by atoms with van der Waals surface area (Å²) in [5, 5.41) is 0. The number of likely N-dealkylation sites (tertiary alicyclic amines) is 1. The quantitative estimate of drug-likeness (QED) is 0.878. The summed E-state index contributed by atoms with van der Waals surface area (Å²) in [4.78, 5) is 13.6. The number of hydrogen-bond acceptors (Lipinski definition) is 3. The number of piperidine rings is 1. The van der Waals surface area contributed by atoms with Gasteiger partial charge in [0, 0.05) is 25.2 Å². The van der Waals surface area contributed by atoms with Crippen molar-refractivity contribution >= 4 is 5.91 Å². The molecule has 1 heterocycles. The van der Waals surface area contributed by atoms with E-state index in [1.165, 1.54) is 12.1 Å². The third-order valence-corrected chi connectivity index (χ3v) is 3.05. The van der Waals surface area contributed by atoms with Gasteiger partial charge in [0.2, 0.25) is 0 Å². The second kappa shape index (κ2) is 5.82. The van der Waals surface area contributed by atoms with Crippen LogP contribution < -0.4 is 10.5 Å². The van der Waals surface area contributed by atoms with Crippen LogP contribution in [-0.4, -0.2) is 36.5 Å². The molecule has 0 unspecified atom stereocenters. The minimum atomic E-state index is -0.371. The zero-order valence-electron chi connectivity index (χ0n) is 10.1. The Hall–Kier alpha value is -1.62. The molecule has 2 rings (SSSR count). The van der Waals surface area contributed by atoms with E-state index in [-0.39, 0.29) is 24.4 Å². The summed E-state index contributed by atoms with van der Waals surface area (Å²) in [6.07, 6.45) is 1.65. The zero-order valence-corrected chi connectivity index (χ0v) is 10.1. The van der Waals surface area contributed by atoms with Gasteiger partial charge in [0.05, 0.1) is 0 Å². The molecule has 0 bridgehead atoms. The van der Waals surface area contributed by atoms with E-state index in [9.17, 15) is 9.18 Å². The lowest BCUT2D eigenvalue weighted by atomic mass is 10.1. The molecule has 0 aromatic heterocycles. The number of hydrogen-bond donors (Lipinski definition) is 1. The van der Waals surface area contributed by atoms with Crippen molar-refractivity contribution in [2.75, 3.05) is 19.7 Å². The van der Waals surface area contributed by atoms with Crippen LogP contribution in [0.1, 0.15) is 12.8 Å². The van der Waals surface area contributed by atoms with E-state index in [0.29, 0.717) is 18.8 Å². The van der Waals surface area contributed by atoms with E-state index in [1.54, 1.807) is 17.0 Å². The van der Waals surface area contributed by atoms with E-state index >= 15 is 0 Å². The SMILES string of the molecule is NC1CCN(C(=O)COc2cccc(F)c2)CC1. The van der Waals surface area contributed by atoms with E-state index in [2.05, 4.69) is 0 Å². The van der Waals surface area contributed by atoms with Crippen molar-refractivity contribution in [3.63, 3.8) is 0 Å². The molecule has 0 atom stereocenters. The maximum Gasteiger partial charge on any atom is 0.260 e. The molecule has 0 radical (unpaired) electrons. The zero-order chi connectivity index (χ0) is 13.0. The molecular formula is C13H17FN2O2. The maximum atomic E-state index is 12.9. The number of ether oxygens (including phenoxy) is 1. The molecule has 1 fully saturated rings. The number of nitrogens with zero attached hydrogens (tertiary/aromatic N) is 1. The van der Waals surface area contributed by atoms with Crippen LogP contribution in [0.5, 0.6) is 5.75 Å². The average molecular weight is 252 g/mol. The van der Waals surface area contributed by atoms with Gasteiger partial charge in [-0.05, 0) is 25.0 Å². The van der Waals surface area contributed by atoms with Crippen LogP contribution in [0.3, 0.4) is 0 Å². The molecule has 5 heteroatoms. The average Bonchev–Trinajstić information content (AvgIpc) is 2.37. The normalized spacial score (nSPS) is 16.7. The van der Waals surface area contributed by atoms with Crippen molar-refractivity contribution in [3.8, 4) is 5.75 Å². The van der Waals surface area contributed by atoms with E-state index in [4.69, 9.17) is 10.5 Å². The highest BCUT2D eigenvalue weighted by molar-refractivity contribution is 5.77. The Morgan fingerprint density at radius 3 is 2.83 bits per heavy atom. The summed E-state index contributed by atoms with van der Waals surface area (Å²) in [6.45, 7) is 1.29. The fourth-order valence-electron chi connectivity index (χ4n) is 1.94. The topological polar surface area (TPSA) is 55.6 Å². The number of carbonyl (C=O) groups is 1. The lowest BCUT2D eigenvalue weighted by Gasteiger charge is -2.30. The van der Waals surface area contributed by atoms with Crippen molar-refractivity contribution in [3.05, 3.63) is 30.1 Å². The summed E-state index contributed by atoms with van der Waals surface area (Å²) >= 11 is 0. The Balaban J connectivity index is 1.81. The van der Waals surface area contributed by atoms with E-state index in [0.717, 1.165) is 12.8 Å². The first-order chi connectivity index (χ1) is 8.65. The maximum absolute atomic E-state index is 12.9. The van der Waals surface area contributed by atoms with Crippen LogP contribution in [0.2, 0.25) is 0 Å². The fourth-order valence-corrected chi connectivity index (χ4v) is 1.94. The van der Waals surface area contributed by atoms with Crippen molar-refractivity contribution < 1.29 is 13.9 Å². The predicted octanol–water partition coefficient (Wildman–Crippen LogP) is 1.15. The summed E-state index contributed by atoms with van der Waals surface area (Å²) < 4.78 is 18.2. The fraction of sp³-hybridized carbons (Fsp3) is 0.462. The first-order valence-corrected chi connectivity index (χ1v) is 6.07. The molecule has 1 aliphatic heterocycles. The third-order valence-electron chi connectivity index (χ3n) is 3.05. The molecule has 18 heavy (non-hydrogen) atoms. The van der Waals surface area contributed by atoms with E-state index in [1.807, 2.05) is 0 Å². The Morgan fingerprint density at radius 1 is 1.44 bits per heavy atom. The standard InChI is InChI=1S/C13H17FN2O2/c14-10-2-1-3-12(8-10)18-9-13(17)16-6-4-11(15)5-7-16/h1-3,8,11H,4-7,9,15H2. The molecule has 4 nitrogen and oxygen atoms in total. The van der Waals surface area contributed by atoms with Crippen molar-refractivity contribution in [2.45, 2.75) is 18.9 Å². The Labute approximate surface area is 106 Å². The molecule has 0 aliphatic carbocycles. The van der Waals surface area contributed by atoms with Crippen LogP contribution >= 0.6 is 0 Å². The molecule has 1 amide bonds. The Bertz CT molecular complexity index is 417. The molecular weight excluding hydrogens is 235 g/mol. The largest absolute Gasteiger partial charge is 0.484 e. The number of carbonyl (C=O) groups excluding carboxylic acids is 1. The minimum Gasteiger partial charge on any atom is -0.484 e. The number of benzene rings is 1. The predicted molar refractivity (Wildman–Crippen MR) is 65.7 cm³/mol. The Morgan fingerprint density at radius 2 is 2.17 bits per heavy atom. The van der Waals surface area contributed by atoms with Crippen LogP contribution in [0.15, 0.2) is 24.3 Å². The number of nitrogens with two attached hydrogens (primary N) is 1. The van der Waals surface area contributed by atoms with Gasteiger partial charge in [0.15, 0.2) is 6.61 Å². The molecule has 0 saturated carbocycles. The molecule has 0 spiro atoms. The van der Waals surface area contributed by atoms with Gasteiger partial charge >= 0.3 is 0 Å². The summed E-state index contributed by atoms with van der Waals surface area (Å²) in [7, 11) is 0. The molecule has 1 aromatic rings. The second-order valence-electron chi connectivity index (χ2n) is 4.46.